The molecule has 1 aromatic carbocycles. The number of nitrogens with one attached hydrogen (secondary N) is 1. The molecule has 0 aliphatic heterocycles. The fraction of sp³-hybridized carbons (Fsp3) is 0.600. The van der Waals surface area contributed by atoms with Crippen LogP contribution in [0.2, 0.25) is 0 Å². The summed E-state index contributed by atoms with van der Waals surface area (Å²) in [7, 11) is 1.71. The van der Waals surface area contributed by atoms with Crippen molar-refractivity contribution in [1.29, 1.82) is 0 Å². The second kappa shape index (κ2) is 8.46. The van der Waals surface area contributed by atoms with Gasteiger partial charge in [-0.3, -0.25) is 11.3 Å². The van der Waals surface area contributed by atoms with Crippen LogP contribution in [0, 0.1) is 12.8 Å². The molecule has 1 atom stereocenters. The number of hydrogen-bond acceptors (Lipinski definition) is 4. The molecular weight excluding hydrogens is 256 g/mol. The number of benzene rings is 1. The van der Waals surface area contributed by atoms with Crippen molar-refractivity contribution in [2.45, 2.75) is 33.2 Å². The molecule has 0 amide bonds. The number of thioether (sulfide) groups is 1. The minimum Gasteiger partial charge on any atom is -0.496 e. The fourth-order valence-corrected chi connectivity index (χ4v) is 3.05. The summed E-state index contributed by atoms with van der Waals surface area (Å²) in [5, 5.41) is 0. The zero-order chi connectivity index (χ0) is 14.3. The van der Waals surface area contributed by atoms with E-state index in [4.69, 9.17) is 10.6 Å². The SMILES string of the molecule is COc1ccc(C)cc1CC(CSCC(C)C)NN. The number of aryl methyl sites for hydroxylation is 1. The molecule has 0 spiro atoms. The number of rotatable bonds is 8. The zero-order valence-corrected chi connectivity index (χ0v) is 13.2. The second-order valence-corrected chi connectivity index (χ2v) is 6.39. The summed E-state index contributed by atoms with van der Waals surface area (Å²) in [5.74, 6) is 9.52. The predicted molar refractivity (Wildman–Crippen MR) is 84.7 cm³/mol. The highest BCUT2D eigenvalue weighted by atomic mass is 32.2. The summed E-state index contributed by atoms with van der Waals surface area (Å²) < 4.78 is 5.41. The lowest BCUT2D eigenvalue weighted by Crippen LogP contribution is -2.39. The van der Waals surface area contributed by atoms with Gasteiger partial charge in [0.15, 0.2) is 0 Å². The van der Waals surface area contributed by atoms with Crippen LogP contribution in [0.15, 0.2) is 18.2 Å². The molecule has 0 aromatic heterocycles. The Labute approximate surface area is 121 Å². The summed E-state index contributed by atoms with van der Waals surface area (Å²) in [5.41, 5.74) is 5.39. The molecule has 108 valence electrons. The van der Waals surface area contributed by atoms with Gasteiger partial charge < -0.3 is 4.74 Å². The topological polar surface area (TPSA) is 47.3 Å². The van der Waals surface area contributed by atoms with Gasteiger partial charge in [-0.25, -0.2) is 0 Å². The first kappa shape index (κ1) is 16.3. The third-order valence-electron chi connectivity index (χ3n) is 2.91. The van der Waals surface area contributed by atoms with Crippen LogP contribution < -0.4 is 16.0 Å². The van der Waals surface area contributed by atoms with Crippen LogP contribution in [0.4, 0.5) is 0 Å². The van der Waals surface area contributed by atoms with Crippen molar-refractivity contribution < 1.29 is 4.74 Å². The van der Waals surface area contributed by atoms with Gasteiger partial charge >= 0.3 is 0 Å². The van der Waals surface area contributed by atoms with E-state index in [1.165, 1.54) is 16.9 Å². The van der Waals surface area contributed by atoms with E-state index in [-0.39, 0.29) is 6.04 Å². The zero-order valence-electron chi connectivity index (χ0n) is 12.4. The van der Waals surface area contributed by atoms with E-state index in [2.05, 4.69) is 38.3 Å². The Balaban J connectivity index is 2.61. The molecule has 3 nitrogen and oxygen atoms in total. The minimum atomic E-state index is 0.277. The van der Waals surface area contributed by atoms with Gasteiger partial charge in [0.1, 0.15) is 5.75 Å². The lowest BCUT2D eigenvalue weighted by molar-refractivity contribution is 0.406. The summed E-state index contributed by atoms with van der Waals surface area (Å²) in [6.45, 7) is 6.57. The maximum atomic E-state index is 5.66. The molecule has 1 aromatic rings. The van der Waals surface area contributed by atoms with Gasteiger partial charge in [-0.2, -0.15) is 11.8 Å². The Morgan fingerprint density at radius 1 is 1.32 bits per heavy atom. The smallest absolute Gasteiger partial charge is 0.122 e. The van der Waals surface area contributed by atoms with Gasteiger partial charge in [0.05, 0.1) is 7.11 Å². The fourth-order valence-electron chi connectivity index (χ4n) is 1.94. The standard InChI is InChI=1S/C15H26N2OS/c1-11(2)9-19-10-14(17-16)8-13-7-12(3)5-6-15(13)18-4/h5-7,11,14,17H,8-10,16H2,1-4H3. The lowest BCUT2D eigenvalue weighted by Gasteiger charge is -2.18. The molecule has 0 bridgehead atoms. The number of hydrogen-bond donors (Lipinski definition) is 2. The third-order valence-corrected chi connectivity index (χ3v) is 4.45. The van der Waals surface area contributed by atoms with E-state index >= 15 is 0 Å². The summed E-state index contributed by atoms with van der Waals surface area (Å²) >= 11 is 1.95. The Kier molecular flexibility index (Phi) is 7.28. The number of methoxy groups -OCH3 is 1. The minimum absolute atomic E-state index is 0.277. The summed E-state index contributed by atoms with van der Waals surface area (Å²) in [6.07, 6.45) is 0.895. The second-order valence-electron chi connectivity index (χ2n) is 5.31. The lowest BCUT2D eigenvalue weighted by atomic mass is 10.0. The van der Waals surface area contributed by atoms with Crippen molar-refractivity contribution in [1.82, 2.24) is 5.43 Å². The highest BCUT2D eigenvalue weighted by molar-refractivity contribution is 7.99. The highest BCUT2D eigenvalue weighted by Gasteiger charge is 2.12. The molecule has 1 unspecified atom stereocenters. The largest absolute Gasteiger partial charge is 0.496 e. The average Bonchev–Trinajstić information content (AvgIpc) is 2.37. The van der Waals surface area contributed by atoms with Crippen LogP contribution in [-0.2, 0) is 6.42 Å². The van der Waals surface area contributed by atoms with E-state index in [1.54, 1.807) is 7.11 Å². The van der Waals surface area contributed by atoms with Crippen LogP contribution in [0.3, 0.4) is 0 Å². The quantitative estimate of drug-likeness (QED) is 0.568. The average molecular weight is 282 g/mol. The molecule has 0 aliphatic rings. The van der Waals surface area contributed by atoms with Crippen molar-refractivity contribution >= 4 is 11.8 Å². The van der Waals surface area contributed by atoms with Gasteiger partial charge in [-0.05, 0) is 36.6 Å². The van der Waals surface area contributed by atoms with Gasteiger partial charge in [-0.1, -0.05) is 31.5 Å². The Hall–Kier alpha value is -0.710. The Morgan fingerprint density at radius 3 is 2.63 bits per heavy atom. The van der Waals surface area contributed by atoms with E-state index in [0.29, 0.717) is 0 Å². The predicted octanol–water partition coefficient (Wildman–Crippen LogP) is 2.77. The molecule has 19 heavy (non-hydrogen) atoms. The van der Waals surface area contributed by atoms with Crippen molar-refractivity contribution in [3.63, 3.8) is 0 Å². The summed E-state index contributed by atoms with van der Waals surface area (Å²) in [4.78, 5) is 0. The number of nitrogens with two attached hydrogens (primary N) is 1. The van der Waals surface area contributed by atoms with Crippen molar-refractivity contribution in [3.05, 3.63) is 29.3 Å². The molecule has 4 heteroatoms. The molecule has 0 heterocycles. The third kappa shape index (κ3) is 5.85. The van der Waals surface area contributed by atoms with E-state index < -0.39 is 0 Å². The molecular formula is C15H26N2OS. The maximum Gasteiger partial charge on any atom is 0.122 e. The number of ether oxygens (including phenoxy) is 1. The van der Waals surface area contributed by atoms with Crippen molar-refractivity contribution in [2.24, 2.45) is 11.8 Å². The van der Waals surface area contributed by atoms with Gasteiger partial charge in [0.25, 0.3) is 0 Å². The van der Waals surface area contributed by atoms with Crippen molar-refractivity contribution in [2.75, 3.05) is 18.6 Å². The van der Waals surface area contributed by atoms with Crippen LogP contribution in [0.5, 0.6) is 5.75 Å². The van der Waals surface area contributed by atoms with Crippen LogP contribution in [0.25, 0.3) is 0 Å². The van der Waals surface area contributed by atoms with Crippen LogP contribution in [0.1, 0.15) is 25.0 Å². The van der Waals surface area contributed by atoms with E-state index in [9.17, 15) is 0 Å². The maximum absolute atomic E-state index is 5.66. The molecule has 0 saturated carbocycles. The van der Waals surface area contributed by atoms with Crippen molar-refractivity contribution in [3.8, 4) is 5.75 Å². The number of hydrazine groups is 1. The molecule has 1 rings (SSSR count). The van der Waals surface area contributed by atoms with Gasteiger partial charge in [0, 0.05) is 11.8 Å². The van der Waals surface area contributed by atoms with Crippen LogP contribution in [-0.4, -0.2) is 24.7 Å². The van der Waals surface area contributed by atoms with Gasteiger partial charge in [-0.15, -0.1) is 0 Å². The monoisotopic (exact) mass is 282 g/mol. The first-order chi connectivity index (χ1) is 9.06. The highest BCUT2D eigenvalue weighted by Crippen LogP contribution is 2.22. The van der Waals surface area contributed by atoms with E-state index in [1.807, 2.05) is 17.8 Å². The molecule has 3 N–H and O–H groups in total. The van der Waals surface area contributed by atoms with Crippen LogP contribution >= 0.6 is 11.8 Å². The molecule has 0 saturated heterocycles. The first-order valence-corrected chi connectivity index (χ1v) is 7.89. The molecule has 0 radical (unpaired) electrons. The normalized spacial score (nSPS) is 12.7. The summed E-state index contributed by atoms with van der Waals surface area (Å²) in [6, 6.07) is 6.55. The van der Waals surface area contributed by atoms with Gasteiger partial charge in [0.2, 0.25) is 0 Å². The molecule has 0 fully saturated rings. The Bertz CT molecular complexity index is 382. The molecule has 0 aliphatic carbocycles. The Morgan fingerprint density at radius 2 is 2.05 bits per heavy atom. The van der Waals surface area contributed by atoms with E-state index in [0.717, 1.165) is 23.8 Å². The first-order valence-electron chi connectivity index (χ1n) is 6.74.